The fourth-order valence-electron chi connectivity index (χ4n) is 4.93. The summed E-state index contributed by atoms with van der Waals surface area (Å²) >= 11 is 0. The number of aromatic nitrogens is 4. The number of ether oxygens (including phenoxy) is 1. The van der Waals surface area contributed by atoms with Gasteiger partial charge in [-0.3, -0.25) is 0 Å². The van der Waals surface area contributed by atoms with Crippen LogP contribution in [0.4, 0.5) is 23.5 Å². The van der Waals surface area contributed by atoms with Gasteiger partial charge in [0.15, 0.2) is 9.84 Å². The Morgan fingerprint density at radius 2 is 1.91 bits per heavy atom. The summed E-state index contributed by atoms with van der Waals surface area (Å²) in [7, 11) is -4.36. The molecule has 1 aliphatic rings. The highest BCUT2D eigenvalue weighted by Gasteiger charge is 2.34. The van der Waals surface area contributed by atoms with Gasteiger partial charge in [-0.05, 0) is 36.1 Å². The van der Waals surface area contributed by atoms with Gasteiger partial charge in [-0.2, -0.15) is 0 Å². The van der Waals surface area contributed by atoms with Gasteiger partial charge >= 0.3 is 0 Å². The first-order valence-corrected chi connectivity index (χ1v) is 15.5. The van der Waals surface area contributed by atoms with Crippen LogP contribution in [0.1, 0.15) is 30.9 Å². The molecule has 4 aromatic rings. The van der Waals surface area contributed by atoms with Crippen molar-refractivity contribution in [2.45, 2.75) is 50.6 Å². The fraction of sp³-hybridized carbons (Fsp3) is 0.379. The Morgan fingerprint density at radius 3 is 2.67 bits per heavy atom. The molecule has 2 aromatic carbocycles. The molecule has 1 saturated heterocycles. The number of benzene rings is 2. The monoisotopic (exact) mass is 618 g/mol. The molecular formula is C29H30F4N6O3S. The van der Waals surface area contributed by atoms with Crippen molar-refractivity contribution in [2.24, 2.45) is 0 Å². The first-order chi connectivity index (χ1) is 20.4. The van der Waals surface area contributed by atoms with Crippen LogP contribution in [0.3, 0.4) is 0 Å². The number of rotatable bonds is 10. The molecule has 5 rings (SSSR count). The maximum absolute atomic E-state index is 15.0. The maximum atomic E-state index is 15.0. The maximum Gasteiger partial charge on any atom is 0.261 e. The highest BCUT2D eigenvalue weighted by atomic mass is 32.2. The van der Waals surface area contributed by atoms with Crippen molar-refractivity contribution < 1.29 is 30.7 Å². The van der Waals surface area contributed by atoms with Crippen LogP contribution in [0, 0.1) is 12.7 Å². The molecule has 0 amide bonds. The van der Waals surface area contributed by atoms with E-state index in [0.29, 0.717) is 41.7 Å². The zero-order valence-electron chi connectivity index (χ0n) is 23.4. The first kappa shape index (κ1) is 30.5. The van der Waals surface area contributed by atoms with Crippen molar-refractivity contribution in [1.82, 2.24) is 25.3 Å². The minimum Gasteiger partial charge on any atom is -0.437 e. The molecule has 2 aromatic heterocycles. The van der Waals surface area contributed by atoms with E-state index in [-0.39, 0.29) is 34.6 Å². The lowest BCUT2D eigenvalue weighted by molar-refractivity contribution is 0.0217. The number of anilines is 1. The standard InChI is InChI=1S/C29H30F4N6O3S/c1-3-29(32,33)15-43(40,41)14-23-20-5-4-17(2)26(21(20)6-7-24(23)31)42-27-22(13-35-16-37-27)25-8-9-36-28(39-25)38-19-10-18(30)11-34-12-19/h4-9,13,16,18-19,34H,3,10-12,14-15H2,1-2H3,(H,36,38,39)/t18-,19-/m0/s1. The number of hydrogen-bond donors (Lipinski definition) is 2. The number of fused-ring (bicyclic) bond motifs is 1. The third-order valence-corrected chi connectivity index (χ3v) is 8.74. The summed E-state index contributed by atoms with van der Waals surface area (Å²) in [5.74, 6) is -5.88. The van der Waals surface area contributed by atoms with Crippen molar-refractivity contribution in [3.8, 4) is 22.9 Å². The molecule has 0 unspecified atom stereocenters. The minimum atomic E-state index is -4.36. The van der Waals surface area contributed by atoms with E-state index < -0.39 is 45.7 Å². The van der Waals surface area contributed by atoms with E-state index in [1.807, 2.05) is 0 Å². The fourth-order valence-corrected chi connectivity index (χ4v) is 6.62. The van der Waals surface area contributed by atoms with E-state index in [2.05, 4.69) is 30.6 Å². The van der Waals surface area contributed by atoms with Gasteiger partial charge in [0.2, 0.25) is 11.8 Å². The zero-order chi connectivity index (χ0) is 30.8. The van der Waals surface area contributed by atoms with Crippen molar-refractivity contribution in [1.29, 1.82) is 0 Å². The van der Waals surface area contributed by atoms with Crippen LogP contribution >= 0.6 is 0 Å². The summed E-state index contributed by atoms with van der Waals surface area (Å²) in [5, 5.41) is 6.73. The van der Waals surface area contributed by atoms with E-state index in [1.165, 1.54) is 37.8 Å². The second-order valence-electron chi connectivity index (χ2n) is 10.5. The predicted octanol–water partition coefficient (Wildman–Crippen LogP) is 5.40. The van der Waals surface area contributed by atoms with Crippen molar-refractivity contribution in [3.05, 3.63) is 66.0 Å². The molecular weight excluding hydrogens is 588 g/mol. The van der Waals surface area contributed by atoms with Crippen molar-refractivity contribution >= 4 is 26.6 Å². The molecule has 1 fully saturated rings. The highest BCUT2D eigenvalue weighted by molar-refractivity contribution is 7.90. The van der Waals surface area contributed by atoms with E-state index in [1.54, 1.807) is 19.1 Å². The quantitative estimate of drug-likeness (QED) is 0.225. The molecule has 2 N–H and O–H groups in total. The van der Waals surface area contributed by atoms with Crippen LogP contribution in [0.2, 0.25) is 0 Å². The molecule has 0 spiro atoms. The van der Waals surface area contributed by atoms with Gasteiger partial charge in [0.1, 0.15) is 29.8 Å². The Morgan fingerprint density at radius 1 is 1.12 bits per heavy atom. The molecule has 0 saturated carbocycles. The molecule has 0 bridgehead atoms. The lowest BCUT2D eigenvalue weighted by Crippen LogP contribution is -2.44. The number of nitrogens with one attached hydrogen (secondary N) is 2. The molecule has 9 nitrogen and oxygen atoms in total. The smallest absolute Gasteiger partial charge is 0.261 e. The molecule has 0 aliphatic carbocycles. The third-order valence-electron chi connectivity index (χ3n) is 7.15. The third kappa shape index (κ3) is 7.19. The summed E-state index contributed by atoms with van der Waals surface area (Å²) < 4.78 is 88.2. The summed E-state index contributed by atoms with van der Waals surface area (Å²) in [6, 6.07) is 7.11. The number of alkyl halides is 3. The average molecular weight is 619 g/mol. The Labute approximate surface area is 246 Å². The molecule has 3 heterocycles. The molecule has 14 heteroatoms. The van der Waals surface area contributed by atoms with Crippen molar-refractivity contribution in [3.63, 3.8) is 0 Å². The second-order valence-corrected chi connectivity index (χ2v) is 12.6. The number of piperidine rings is 1. The SMILES string of the molecule is CCC(F)(F)CS(=O)(=O)Cc1c(F)ccc2c(Oc3ncncc3-c3ccnc(N[C@@H]4CNC[C@@H](F)C4)n3)c(C)ccc12. The molecule has 2 atom stereocenters. The lowest BCUT2D eigenvalue weighted by atomic mass is 10.0. The summed E-state index contributed by atoms with van der Waals surface area (Å²) in [6.45, 7) is 3.80. The Bertz CT molecular complexity index is 1740. The van der Waals surface area contributed by atoms with Gasteiger partial charge in [0.25, 0.3) is 5.92 Å². The van der Waals surface area contributed by atoms with Crippen LogP contribution < -0.4 is 15.4 Å². The summed E-state index contributed by atoms with van der Waals surface area (Å²) in [6.07, 6.45) is 3.00. The molecule has 0 radical (unpaired) electrons. The largest absolute Gasteiger partial charge is 0.437 e. The minimum absolute atomic E-state index is 0.111. The van der Waals surface area contributed by atoms with Crippen LogP contribution in [0.15, 0.2) is 49.1 Å². The van der Waals surface area contributed by atoms with Crippen LogP contribution in [-0.4, -0.2) is 65.3 Å². The molecule has 228 valence electrons. The number of sulfone groups is 1. The van der Waals surface area contributed by atoms with Gasteiger partial charge in [0.05, 0.1) is 17.0 Å². The lowest BCUT2D eigenvalue weighted by Gasteiger charge is -2.26. The number of aryl methyl sites for hydroxylation is 1. The summed E-state index contributed by atoms with van der Waals surface area (Å²) in [5.41, 5.74) is 1.23. The van der Waals surface area contributed by atoms with Gasteiger partial charge in [-0.25, -0.2) is 45.9 Å². The number of halogens is 4. The Balaban J connectivity index is 1.48. The molecule has 43 heavy (non-hydrogen) atoms. The average Bonchev–Trinajstić information content (AvgIpc) is 2.96. The van der Waals surface area contributed by atoms with Gasteiger partial charge in [-0.1, -0.05) is 19.1 Å². The zero-order valence-corrected chi connectivity index (χ0v) is 24.3. The second kappa shape index (κ2) is 12.4. The normalized spacial score (nSPS) is 17.6. The van der Waals surface area contributed by atoms with E-state index in [0.717, 1.165) is 6.07 Å². The topological polar surface area (TPSA) is 119 Å². The Hall–Kier alpha value is -3.91. The van der Waals surface area contributed by atoms with Gasteiger partial charge in [-0.15, -0.1) is 0 Å². The van der Waals surface area contributed by atoms with E-state index in [9.17, 15) is 26.0 Å². The molecule has 1 aliphatic heterocycles. The predicted molar refractivity (Wildman–Crippen MR) is 154 cm³/mol. The summed E-state index contributed by atoms with van der Waals surface area (Å²) in [4.78, 5) is 17.2. The first-order valence-electron chi connectivity index (χ1n) is 13.7. The van der Waals surface area contributed by atoms with Gasteiger partial charge < -0.3 is 15.4 Å². The van der Waals surface area contributed by atoms with E-state index in [4.69, 9.17) is 4.74 Å². The number of hydrogen-bond acceptors (Lipinski definition) is 9. The van der Waals surface area contributed by atoms with E-state index >= 15 is 0 Å². The van der Waals surface area contributed by atoms with Crippen LogP contribution in [-0.2, 0) is 15.6 Å². The Kier molecular flexibility index (Phi) is 8.79. The number of nitrogens with zero attached hydrogens (tertiary/aromatic N) is 4. The van der Waals surface area contributed by atoms with Gasteiger partial charge in [0, 0.05) is 55.3 Å². The van der Waals surface area contributed by atoms with Crippen LogP contribution in [0.5, 0.6) is 11.6 Å². The highest BCUT2D eigenvalue weighted by Crippen LogP contribution is 2.38. The van der Waals surface area contributed by atoms with Crippen molar-refractivity contribution in [2.75, 3.05) is 24.2 Å². The van der Waals surface area contributed by atoms with Crippen LogP contribution in [0.25, 0.3) is 22.0 Å².